The maximum atomic E-state index is 11.8. The second kappa shape index (κ2) is 8.02. The third-order valence-corrected chi connectivity index (χ3v) is 4.01. The minimum absolute atomic E-state index is 0.157. The molecule has 2 amide bonds. The molecule has 0 aliphatic heterocycles. The van der Waals surface area contributed by atoms with Gasteiger partial charge in [0.25, 0.3) is 5.91 Å². The molecular weight excluding hydrogens is 270 g/mol. The lowest BCUT2D eigenvalue weighted by Crippen LogP contribution is -2.33. The molecule has 0 heterocycles. The highest BCUT2D eigenvalue weighted by Crippen LogP contribution is 2.25. The molecule has 0 atom stereocenters. The summed E-state index contributed by atoms with van der Waals surface area (Å²) in [5.74, 6) is -0.315. The zero-order valence-corrected chi connectivity index (χ0v) is 11.4. The SMILES string of the molecule is NCSCSc1ccccc1C(=O)NCC(N)=O. The number of amides is 2. The Labute approximate surface area is 114 Å². The van der Waals surface area contributed by atoms with E-state index in [-0.39, 0.29) is 12.5 Å². The Morgan fingerprint density at radius 3 is 2.67 bits per heavy atom. The summed E-state index contributed by atoms with van der Waals surface area (Å²) in [5.41, 5.74) is 10.9. The second-order valence-electron chi connectivity index (χ2n) is 3.28. The van der Waals surface area contributed by atoms with Crippen LogP contribution in [0.5, 0.6) is 0 Å². The molecule has 7 heteroatoms. The molecule has 1 rings (SSSR count). The first-order chi connectivity index (χ1) is 8.65. The molecule has 0 aliphatic carbocycles. The highest BCUT2D eigenvalue weighted by atomic mass is 32.2. The average Bonchev–Trinajstić information content (AvgIpc) is 2.37. The molecule has 18 heavy (non-hydrogen) atoms. The first kappa shape index (κ1) is 14.9. The first-order valence-electron chi connectivity index (χ1n) is 5.21. The van der Waals surface area contributed by atoms with Gasteiger partial charge in [-0.2, -0.15) is 0 Å². The minimum atomic E-state index is -0.563. The molecule has 0 radical (unpaired) electrons. The zero-order valence-electron chi connectivity index (χ0n) is 9.72. The van der Waals surface area contributed by atoms with Crippen LogP contribution in [0.3, 0.4) is 0 Å². The van der Waals surface area contributed by atoms with Crippen molar-refractivity contribution in [2.24, 2.45) is 11.5 Å². The average molecular weight is 285 g/mol. The number of hydrogen-bond donors (Lipinski definition) is 3. The first-order valence-corrected chi connectivity index (χ1v) is 7.35. The summed E-state index contributed by atoms with van der Waals surface area (Å²) in [4.78, 5) is 23.3. The van der Waals surface area contributed by atoms with E-state index in [0.29, 0.717) is 11.4 Å². The lowest BCUT2D eigenvalue weighted by Gasteiger charge is -2.08. The molecular formula is C11H15N3O2S2. The van der Waals surface area contributed by atoms with Crippen LogP contribution in [0.1, 0.15) is 10.4 Å². The smallest absolute Gasteiger partial charge is 0.252 e. The third-order valence-electron chi connectivity index (χ3n) is 1.97. The van der Waals surface area contributed by atoms with E-state index in [2.05, 4.69) is 5.32 Å². The largest absolute Gasteiger partial charge is 0.368 e. The standard InChI is InChI=1S/C11H15N3O2S2/c12-6-17-7-18-9-4-2-1-3-8(9)11(16)14-5-10(13)15/h1-4H,5-7,12H2,(H2,13,15)(H,14,16). The van der Waals surface area contributed by atoms with E-state index in [1.165, 1.54) is 0 Å². The lowest BCUT2D eigenvalue weighted by atomic mass is 10.2. The fourth-order valence-electron chi connectivity index (χ4n) is 1.20. The predicted molar refractivity (Wildman–Crippen MR) is 75.3 cm³/mol. The Morgan fingerprint density at radius 1 is 1.28 bits per heavy atom. The molecule has 0 fully saturated rings. The second-order valence-corrected chi connectivity index (χ2v) is 5.69. The van der Waals surface area contributed by atoms with Crippen molar-refractivity contribution in [2.45, 2.75) is 4.90 Å². The van der Waals surface area contributed by atoms with Crippen molar-refractivity contribution in [1.82, 2.24) is 5.32 Å². The Morgan fingerprint density at radius 2 is 2.00 bits per heavy atom. The molecule has 0 bridgehead atoms. The van der Waals surface area contributed by atoms with Crippen molar-refractivity contribution in [3.63, 3.8) is 0 Å². The maximum absolute atomic E-state index is 11.8. The fraction of sp³-hybridized carbons (Fsp3) is 0.273. The van der Waals surface area contributed by atoms with Gasteiger partial charge >= 0.3 is 0 Å². The van der Waals surface area contributed by atoms with Crippen molar-refractivity contribution in [3.8, 4) is 0 Å². The Kier molecular flexibility index (Phi) is 6.63. The number of nitrogens with two attached hydrogens (primary N) is 2. The monoisotopic (exact) mass is 285 g/mol. The van der Waals surface area contributed by atoms with Crippen LogP contribution in [0.25, 0.3) is 0 Å². The van der Waals surface area contributed by atoms with Crippen LogP contribution in [0.4, 0.5) is 0 Å². The molecule has 0 unspecified atom stereocenters. The molecule has 0 aromatic heterocycles. The van der Waals surface area contributed by atoms with Gasteiger partial charge in [-0.25, -0.2) is 0 Å². The minimum Gasteiger partial charge on any atom is -0.368 e. The molecule has 5 nitrogen and oxygen atoms in total. The molecule has 0 saturated carbocycles. The van der Waals surface area contributed by atoms with Gasteiger partial charge in [-0.1, -0.05) is 12.1 Å². The van der Waals surface area contributed by atoms with Gasteiger partial charge in [0.15, 0.2) is 0 Å². The third kappa shape index (κ3) is 4.99. The number of nitrogens with one attached hydrogen (secondary N) is 1. The number of primary amides is 1. The summed E-state index contributed by atoms with van der Waals surface area (Å²) in [6, 6.07) is 7.21. The van der Waals surface area contributed by atoms with Crippen LogP contribution in [0.2, 0.25) is 0 Å². The maximum Gasteiger partial charge on any atom is 0.252 e. The molecule has 98 valence electrons. The van der Waals surface area contributed by atoms with Crippen molar-refractivity contribution in [2.75, 3.05) is 17.5 Å². The molecule has 0 aliphatic rings. The van der Waals surface area contributed by atoms with Crippen LogP contribution in [-0.4, -0.2) is 29.3 Å². The van der Waals surface area contributed by atoms with Gasteiger partial charge in [0.1, 0.15) is 0 Å². The van der Waals surface area contributed by atoms with Gasteiger partial charge < -0.3 is 16.8 Å². The van der Waals surface area contributed by atoms with Gasteiger partial charge in [0.05, 0.1) is 12.1 Å². The summed E-state index contributed by atoms with van der Waals surface area (Å²) in [7, 11) is 0. The number of carbonyl (C=O) groups excluding carboxylic acids is 2. The number of carbonyl (C=O) groups is 2. The lowest BCUT2D eigenvalue weighted by molar-refractivity contribution is -0.117. The summed E-state index contributed by atoms with van der Waals surface area (Å²) in [6.07, 6.45) is 0. The normalized spacial score (nSPS) is 10.1. The number of benzene rings is 1. The van der Waals surface area contributed by atoms with Gasteiger partial charge in [-0.3, -0.25) is 9.59 Å². The van der Waals surface area contributed by atoms with Crippen LogP contribution in [0.15, 0.2) is 29.2 Å². The van der Waals surface area contributed by atoms with Crippen LogP contribution >= 0.6 is 23.5 Å². The number of rotatable bonds is 7. The van der Waals surface area contributed by atoms with Gasteiger partial charge in [0, 0.05) is 15.9 Å². The van der Waals surface area contributed by atoms with E-state index in [0.717, 1.165) is 9.98 Å². The molecule has 1 aromatic rings. The van der Waals surface area contributed by atoms with E-state index in [1.807, 2.05) is 12.1 Å². The summed E-state index contributed by atoms with van der Waals surface area (Å²) < 4.78 is 0. The van der Waals surface area contributed by atoms with Crippen molar-refractivity contribution >= 4 is 35.3 Å². The number of thioether (sulfide) groups is 2. The quantitative estimate of drug-likeness (QED) is 0.387. The van der Waals surface area contributed by atoms with E-state index in [4.69, 9.17) is 11.5 Å². The summed E-state index contributed by atoms with van der Waals surface area (Å²) in [5, 5.41) is 3.25. The molecule has 5 N–H and O–H groups in total. The highest BCUT2D eigenvalue weighted by Gasteiger charge is 2.11. The Bertz CT molecular complexity index is 427. The van der Waals surface area contributed by atoms with E-state index in [9.17, 15) is 9.59 Å². The Balaban J connectivity index is 2.68. The van der Waals surface area contributed by atoms with Crippen LogP contribution in [0, 0.1) is 0 Å². The van der Waals surface area contributed by atoms with E-state index in [1.54, 1.807) is 35.7 Å². The van der Waals surface area contributed by atoms with Crippen LogP contribution < -0.4 is 16.8 Å². The topological polar surface area (TPSA) is 98.2 Å². The van der Waals surface area contributed by atoms with E-state index < -0.39 is 5.91 Å². The molecule has 0 spiro atoms. The van der Waals surface area contributed by atoms with E-state index >= 15 is 0 Å². The predicted octanol–water partition coefficient (Wildman–Crippen LogP) is 0.601. The summed E-state index contributed by atoms with van der Waals surface area (Å²) in [6.45, 7) is -0.157. The Hall–Kier alpha value is -1.18. The van der Waals surface area contributed by atoms with Gasteiger partial charge in [0.2, 0.25) is 5.91 Å². The van der Waals surface area contributed by atoms with Gasteiger partial charge in [-0.05, 0) is 12.1 Å². The molecule has 1 aromatic carbocycles. The number of hydrogen-bond acceptors (Lipinski definition) is 5. The van der Waals surface area contributed by atoms with Crippen molar-refractivity contribution in [3.05, 3.63) is 29.8 Å². The van der Waals surface area contributed by atoms with Crippen LogP contribution in [-0.2, 0) is 4.79 Å². The van der Waals surface area contributed by atoms with Crippen molar-refractivity contribution in [1.29, 1.82) is 0 Å². The highest BCUT2D eigenvalue weighted by molar-refractivity contribution is 8.16. The molecule has 0 saturated heterocycles. The fourth-order valence-corrected chi connectivity index (χ4v) is 2.91. The van der Waals surface area contributed by atoms with Gasteiger partial charge in [-0.15, -0.1) is 23.5 Å². The summed E-state index contributed by atoms with van der Waals surface area (Å²) >= 11 is 3.12. The van der Waals surface area contributed by atoms with Crippen molar-refractivity contribution < 1.29 is 9.59 Å². The zero-order chi connectivity index (χ0) is 13.4.